The number of aryl methyl sites for hydroxylation is 3. The number of hydrogen-bond acceptors (Lipinski definition) is 4. The van der Waals surface area contributed by atoms with Crippen LogP contribution in [0, 0.1) is 13.8 Å². The van der Waals surface area contributed by atoms with Crippen molar-refractivity contribution in [3.63, 3.8) is 0 Å². The normalized spacial score (nSPS) is 15.3. The van der Waals surface area contributed by atoms with Crippen LogP contribution < -0.4 is 4.90 Å². The first-order valence-electron chi connectivity index (χ1n) is 13.2. The number of hydrogen-bond donors (Lipinski definition) is 0. The van der Waals surface area contributed by atoms with Crippen LogP contribution in [0.25, 0.3) is 10.9 Å². The Hall–Kier alpha value is -3.93. The zero-order valence-electron chi connectivity index (χ0n) is 21.5. The van der Waals surface area contributed by atoms with Gasteiger partial charge in [-0.05, 0) is 67.6 Å². The van der Waals surface area contributed by atoms with E-state index in [0.29, 0.717) is 30.6 Å². The molecule has 4 heterocycles. The van der Waals surface area contributed by atoms with E-state index < -0.39 is 0 Å². The lowest BCUT2D eigenvalue weighted by atomic mass is 9.94. The molecule has 1 amide bonds. The van der Waals surface area contributed by atoms with Gasteiger partial charge in [-0.25, -0.2) is 4.98 Å². The molecule has 37 heavy (non-hydrogen) atoms. The highest BCUT2D eigenvalue weighted by Crippen LogP contribution is 2.35. The molecule has 0 N–H and O–H groups in total. The Balaban J connectivity index is 1.27. The zero-order valence-corrected chi connectivity index (χ0v) is 21.5. The average molecular weight is 493 g/mol. The molecule has 0 spiro atoms. The summed E-state index contributed by atoms with van der Waals surface area (Å²) < 4.78 is 2.36. The van der Waals surface area contributed by atoms with Gasteiger partial charge in [0.25, 0.3) is 0 Å². The monoisotopic (exact) mass is 492 g/mol. The fourth-order valence-electron chi connectivity index (χ4n) is 5.92. The summed E-state index contributed by atoms with van der Waals surface area (Å²) in [4.78, 5) is 35.6. The highest BCUT2D eigenvalue weighted by molar-refractivity contribution is 6.11. The van der Waals surface area contributed by atoms with Gasteiger partial charge in [0.1, 0.15) is 5.82 Å². The molecule has 6 rings (SSSR count). The highest BCUT2D eigenvalue weighted by Gasteiger charge is 2.27. The van der Waals surface area contributed by atoms with Crippen LogP contribution in [0.4, 0.5) is 5.82 Å². The van der Waals surface area contributed by atoms with E-state index in [1.807, 2.05) is 53.6 Å². The Kier molecular flexibility index (Phi) is 6.03. The predicted molar refractivity (Wildman–Crippen MR) is 146 cm³/mol. The Morgan fingerprint density at radius 1 is 0.892 bits per heavy atom. The summed E-state index contributed by atoms with van der Waals surface area (Å²) in [6.07, 6.45) is 4.21. The van der Waals surface area contributed by atoms with Gasteiger partial charge in [-0.15, -0.1) is 0 Å². The van der Waals surface area contributed by atoms with Crippen molar-refractivity contribution < 1.29 is 9.59 Å². The predicted octanol–water partition coefficient (Wildman–Crippen LogP) is 4.72. The summed E-state index contributed by atoms with van der Waals surface area (Å²) in [5.41, 5.74) is 7.22. The number of nitrogens with zero attached hydrogens (tertiary/aromatic N) is 4. The summed E-state index contributed by atoms with van der Waals surface area (Å²) in [7, 11) is 0. The molecule has 0 atom stereocenters. The van der Waals surface area contributed by atoms with E-state index in [4.69, 9.17) is 0 Å². The lowest BCUT2D eigenvalue weighted by Crippen LogP contribution is -2.49. The van der Waals surface area contributed by atoms with E-state index in [9.17, 15) is 9.59 Å². The second kappa shape index (κ2) is 9.51. The second-order valence-corrected chi connectivity index (χ2v) is 10.3. The van der Waals surface area contributed by atoms with Crippen molar-refractivity contribution >= 4 is 28.4 Å². The van der Waals surface area contributed by atoms with Gasteiger partial charge in [0.05, 0.1) is 11.9 Å². The molecule has 1 fully saturated rings. The number of amides is 1. The van der Waals surface area contributed by atoms with Gasteiger partial charge in [0.2, 0.25) is 5.91 Å². The maximum Gasteiger partial charge on any atom is 0.227 e. The molecule has 2 aromatic carbocycles. The van der Waals surface area contributed by atoms with Crippen LogP contribution in [0.3, 0.4) is 0 Å². The van der Waals surface area contributed by atoms with Gasteiger partial charge >= 0.3 is 0 Å². The van der Waals surface area contributed by atoms with Gasteiger partial charge in [-0.1, -0.05) is 30.3 Å². The quantitative estimate of drug-likeness (QED) is 0.378. The van der Waals surface area contributed by atoms with Crippen molar-refractivity contribution in [2.45, 2.75) is 39.7 Å². The molecule has 0 unspecified atom stereocenters. The molecule has 2 aromatic heterocycles. The number of aromatic nitrogens is 2. The number of rotatable bonds is 5. The van der Waals surface area contributed by atoms with Gasteiger partial charge in [0, 0.05) is 61.1 Å². The highest BCUT2D eigenvalue weighted by atomic mass is 16.2. The van der Waals surface area contributed by atoms with Crippen LogP contribution in [0.15, 0.2) is 60.8 Å². The third-order valence-corrected chi connectivity index (χ3v) is 7.94. The molecule has 0 aliphatic carbocycles. The Bertz CT molecular complexity index is 1500. The largest absolute Gasteiger partial charge is 0.353 e. The Morgan fingerprint density at radius 3 is 2.43 bits per heavy atom. The molecule has 2 aliphatic rings. The maximum absolute atomic E-state index is 13.5. The summed E-state index contributed by atoms with van der Waals surface area (Å²) in [5.74, 6) is 1.17. The van der Waals surface area contributed by atoms with Crippen LogP contribution in [-0.4, -0.2) is 52.3 Å². The van der Waals surface area contributed by atoms with Gasteiger partial charge < -0.3 is 14.4 Å². The van der Waals surface area contributed by atoms with Crippen LogP contribution in [0.5, 0.6) is 0 Å². The lowest BCUT2D eigenvalue weighted by molar-refractivity contribution is -0.130. The van der Waals surface area contributed by atoms with E-state index in [-0.39, 0.29) is 11.7 Å². The molecule has 0 saturated carbocycles. The lowest BCUT2D eigenvalue weighted by Gasteiger charge is -2.35. The average Bonchev–Trinajstić information content (AvgIpc) is 3.20. The van der Waals surface area contributed by atoms with Crippen LogP contribution in [0.2, 0.25) is 0 Å². The van der Waals surface area contributed by atoms with Crippen molar-refractivity contribution in [2.75, 3.05) is 31.1 Å². The minimum absolute atomic E-state index is 0.0351. The van der Waals surface area contributed by atoms with E-state index in [0.717, 1.165) is 54.9 Å². The fourth-order valence-corrected chi connectivity index (χ4v) is 5.92. The first-order chi connectivity index (χ1) is 18.0. The van der Waals surface area contributed by atoms with Gasteiger partial charge in [0.15, 0.2) is 5.78 Å². The molecule has 4 aromatic rings. The number of benzene rings is 2. The minimum atomic E-state index is 0.0351. The van der Waals surface area contributed by atoms with Crippen molar-refractivity contribution in [3.05, 3.63) is 94.3 Å². The molecule has 0 bridgehead atoms. The molecular weight excluding hydrogens is 460 g/mol. The van der Waals surface area contributed by atoms with E-state index in [1.54, 1.807) is 0 Å². The molecule has 2 aliphatic heterocycles. The van der Waals surface area contributed by atoms with Gasteiger partial charge in [-0.3, -0.25) is 9.59 Å². The first kappa shape index (κ1) is 23.5. The molecule has 6 heteroatoms. The number of ketones is 1. The molecule has 6 nitrogen and oxygen atoms in total. The topological polar surface area (TPSA) is 58.4 Å². The SMILES string of the molecule is Cc1ccnc(N2CCN(C(=O)Cc3c(C)n4c5c(cc(C(=O)c6ccccc6)cc35)CCC4)CC2)c1. The maximum atomic E-state index is 13.5. The molecule has 0 radical (unpaired) electrons. The summed E-state index contributed by atoms with van der Waals surface area (Å²) in [6.45, 7) is 8.09. The number of anilines is 1. The third kappa shape index (κ3) is 4.31. The van der Waals surface area contributed by atoms with E-state index in [1.165, 1.54) is 16.6 Å². The van der Waals surface area contributed by atoms with Crippen LogP contribution >= 0.6 is 0 Å². The van der Waals surface area contributed by atoms with Crippen molar-refractivity contribution in [2.24, 2.45) is 0 Å². The van der Waals surface area contributed by atoms with E-state index in [2.05, 4.69) is 40.4 Å². The number of carbonyl (C=O) groups is 2. The molecule has 1 saturated heterocycles. The summed E-state index contributed by atoms with van der Waals surface area (Å²) in [5, 5.41) is 1.06. The smallest absolute Gasteiger partial charge is 0.227 e. The standard InChI is InChI=1S/C31H32N4O2/c1-21-10-11-32-28(17-21)33-13-15-34(16-14-33)29(36)20-26-22(2)35-12-6-9-24-18-25(19-27(26)30(24)35)31(37)23-7-4-3-5-8-23/h3-5,7-8,10-11,17-19H,6,9,12-16,20H2,1-2H3. The van der Waals surface area contributed by atoms with E-state index >= 15 is 0 Å². The fraction of sp³-hybridized carbons (Fsp3) is 0.323. The second-order valence-electron chi connectivity index (χ2n) is 10.3. The van der Waals surface area contributed by atoms with Crippen molar-refractivity contribution in [1.82, 2.24) is 14.5 Å². The van der Waals surface area contributed by atoms with Gasteiger partial charge in [-0.2, -0.15) is 0 Å². The van der Waals surface area contributed by atoms with Crippen molar-refractivity contribution in [3.8, 4) is 0 Å². The molecular formula is C31H32N4O2. The zero-order chi connectivity index (χ0) is 25.5. The number of pyridine rings is 1. The van der Waals surface area contributed by atoms with Crippen molar-refractivity contribution in [1.29, 1.82) is 0 Å². The third-order valence-electron chi connectivity index (χ3n) is 7.94. The summed E-state index contributed by atoms with van der Waals surface area (Å²) in [6, 6.07) is 17.6. The number of carbonyl (C=O) groups excluding carboxylic acids is 2. The minimum Gasteiger partial charge on any atom is -0.353 e. The van der Waals surface area contributed by atoms with Crippen LogP contribution in [0.1, 0.15) is 44.7 Å². The number of piperazine rings is 1. The van der Waals surface area contributed by atoms with Crippen LogP contribution in [-0.2, 0) is 24.2 Å². The first-order valence-corrected chi connectivity index (χ1v) is 13.2. The summed E-state index contributed by atoms with van der Waals surface area (Å²) >= 11 is 0. The molecule has 188 valence electrons. The Morgan fingerprint density at radius 2 is 1.68 bits per heavy atom. The Labute approximate surface area is 217 Å².